The molecule has 6 nitrogen and oxygen atoms in total. The number of nitrogens with zero attached hydrogens (tertiary/aromatic N) is 1. The summed E-state index contributed by atoms with van der Waals surface area (Å²) >= 11 is 0. The molecule has 2 rings (SSSR count). The summed E-state index contributed by atoms with van der Waals surface area (Å²) in [5.41, 5.74) is 4.02. The van der Waals surface area contributed by atoms with E-state index in [-0.39, 0.29) is 12.5 Å². The van der Waals surface area contributed by atoms with Gasteiger partial charge in [0.25, 0.3) is 0 Å². The van der Waals surface area contributed by atoms with E-state index in [1.165, 1.54) is 7.11 Å². The van der Waals surface area contributed by atoms with E-state index in [2.05, 4.69) is 17.4 Å². The van der Waals surface area contributed by atoms with Crippen molar-refractivity contribution in [3.8, 4) is 5.75 Å². The van der Waals surface area contributed by atoms with Crippen LogP contribution in [0, 0.1) is 13.8 Å². The zero-order chi connectivity index (χ0) is 20.0. The Bertz CT molecular complexity index is 810. The average Bonchev–Trinajstić information content (AvgIpc) is 2.61. The van der Waals surface area contributed by atoms with Crippen molar-refractivity contribution in [2.45, 2.75) is 20.4 Å². The maximum atomic E-state index is 12.4. The number of hydrogen-bond donors (Lipinski definition) is 1. The third-order valence-corrected chi connectivity index (χ3v) is 4.20. The topological polar surface area (TPSA) is 67.9 Å². The number of carbonyl (C=O) groups is 2. The second-order valence-corrected chi connectivity index (χ2v) is 6.52. The Labute approximate surface area is 160 Å². The molecule has 1 N–H and O–H groups in total. The van der Waals surface area contributed by atoms with Crippen molar-refractivity contribution in [3.63, 3.8) is 0 Å². The lowest BCUT2D eigenvalue weighted by Gasteiger charge is -2.18. The molecule has 27 heavy (non-hydrogen) atoms. The summed E-state index contributed by atoms with van der Waals surface area (Å²) in [6, 6.07) is 10.9. The molecule has 0 saturated heterocycles. The van der Waals surface area contributed by atoms with Crippen LogP contribution in [-0.4, -0.2) is 44.6 Å². The minimum Gasteiger partial charge on any atom is -0.496 e. The Hall–Kier alpha value is -2.86. The number of anilines is 1. The summed E-state index contributed by atoms with van der Waals surface area (Å²) < 4.78 is 10.1. The van der Waals surface area contributed by atoms with Crippen molar-refractivity contribution in [1.29, 1.82) is 0 Å². The van der Waals surface area contributed by atoms with Gasteiger partial charge in [-0.2, -0.15) is 0 Å². The van der Waals surface area contributed by atoms with E-state index >= 15 is 0 Å². The molecule has 0 bridgehead atoms. The number of amides is 1. The fourth-order valence-electron chi connectivity index (χ4n) is 3.14. The van der Waals surface area contributed by atoms with Crippen LogP contribution in [0.3, 0.4) is 0 Å². The summed E-state index contributed by atoms with van der Waals surface area (Å²) in [6.45, 7) is 4.83. The van der Waals surface area contributed by atoms with Gasteiger partial charge in [0.2, 0.25) is 5.91 Å². The first-order valence-corrected chi connectivity index (χ1v) is 8.65. The van der Waals surface area contributed by atoms with Gasteiger partial charge >= 0.3 is 5.97 Å². The maximum Gasteiger partial charge on any atom is 0.339 e. The van der Waals surface area contributed by atoms with Gasteiger partial charge in [-0.05, 0) is 49.7 Å². The van der Waals surface area contributed by atoms with Crippen LogP contribution in [0.4, 0.5) is 5.69 Å². The van der Waals surface area contributed by atoms with Crippen molar-refractivity contribution in [3.05, 3.63) is 58.7 Å². The number of aryl methyl sites for hydroxylation is 2. The molecule has 144 valence electrons. The van der Waals surface area contributed by atoms with Crippen molar-refractivity contribution in [2.75, 3.05) is 33.1 Å². The first-order valence-electron chi connectivity index (χ1n) is 8.65. The Morgan fingerprint density at radius 1 is 1.07 bits per heavy atom. The third-order valence-electron chi connectivity index (χ3n) is 4.20. The maximum absolute atomic E-state index is 12.4. The highest BCUT2D eigenvalue weighted by molar-refractivity contribution is 6.01. The molecular weight excluding hydrogens is 344 g/mol. The SMILES string of the molecule is COC(=O)c1ccccc1NC(=O)CN(C)Cc1cc(C)c(OC)c(C)c1. The third kappa shape index (κ3) is 5.31. The minimum absolute atomic E-state index is 0.194. The van der Waals surface area contributed by atoms with Crippen LogP contribution in [0.2, 0.25) is 0 Å². The Kier molecular flexibility index (Phi) is 6.96. The van der Waals surface area contributed by atoms with Crippen LogP contribution in [0.15, 0.2) is 36.4 Å². The quantitative estimate of drug-likeness (QED) is 0.758. The van der Waals surface area contributed by atoms with Gasteiger partial charge in [0.1, 0.15) is 5.75 Å². The Morgan fingerprint density at radius 3 is 2.30 bits per heavy atom. The number of para-hydroxylation sites is 1. The van der Waals surface area contributed by atoms with Crippen LogP contribution in [0.1, 0.15) is 27.0 Å². The molecule has 0 radical (unpaired) electrons. The molecule has 2 aromatic rings. The fourth-order valence-corrected chi connectivity index (χ4v) is 3.14. The Morgan fingerprint density at radius 2 is 1.70 bits per heavy atom. The molecule has 0 saturated carbocycles. The van der Waals surface area contributed by atoms with Crippen LogP contribution >= 0.6 is 0 Å². The number of likely N-dealkylation sites (N-methyl/N-ethyl adjacent to an activating group) is 1. The predicted molar refractivity (Wildman–Crippen MR) is 105 cm³/mol. The fraction of sp³-hybridized carbons (Fsp3) is 0.333. The van der Waals surface area contributed by atoms with Crippen LogP contribution in [-0.2, 0) is 16.1 Å². The molecule has 0 aliphatic carbocycles. The first-order chi connectivity index (χ1) is 12.8. The molecule has 0 aliphatic rings. The molecule has 0 heterocycles. The predicted octanol–water partition coefficient (Wildman–Crippen LogP) is 3.17. The molecule has 1 amide bonds. The van der Waals surface area contributed by atoms with E-state index in [0.29, 0.717) is 17.8 Å². The number of methoxy groups -OCH3 is 2. The first kappa shape index (κ1) is 20.5. The van der Waals surface area contributed by atoms with E-state index in [1.807, 2.05) is 25.8 Å². The molecule has 0 atom stereocenters. The van der Waals surface area contributed by atoms with Gasteiger partial charge in [0.15, 0.2) is 0 Å². The summed E-state index contributed by atoms with van der Waals surface area (Å²) in [5.74, 6) is 0.206. The number of benzene rings is 2. The van der Waals surface area contributed by atoms with E-state index in [9.17, 15) is 9.59 Å². The van der Waals surface area contributed by atoms with E-state index in [0.717, 1.165) is 22.4 Å². The highest BCUT2D eigenvalue weighted by Gasteiger charge is 2.15. The lowest BCUT2D eigenvalue weighted by Crippen LogP contribution is -2.30. The van der Waals surface area contributed by atoms with Crippen molar-refractivity contribution in [1.82, 2.24) is 4.90 Å². The van der Waals surface area contributed by atoms with Crippen LogP contribution < -0.4 is 10.1 Å². The normalized spacial score (nSPS) is 10.6. The summed E-state index contributed by atoms with van der Waals surface area (Å²) in [6.07, 6.45) is 0. The zero-order valence-corrected chi connectivity index (χ0v) is 16.5. The van der Waals surface area contributed by atoms with Gasteiger partial charge in [-0.1, -0.05) is 24.3 Å². The Balaban J connectivity index is 2.02. The van der Waals surface area contributed by atoms with Crippen molar-refractivity contribution >= 4 is 17.6 Å². The number of hydrogen-bond acceptors (Lipinski definition) is 5. The molecule has 0 aromatic heterocycles. The zero-order valence-electron chi connectivity index (χ0n) is 16.5. The van der Waals surface area contributed by atoms with Gasteiger partial charge < -0.3 is 14.8 Å². The molecule has 6 heteroatoms. The van der Waals surface area contributed by atoms with Crippen LogP contribution in [0.5, 0.6) is 5.75 Å². The molecule has 2 aromatic carbocycles. The monoisotopic (exact) mass is 370 g/mol. The highest BCUT2D eigenvalue weighted by Crippen LogP contribution is 2.24. The average molecular weight is 370 g/mol. The molecule has 0 unspecified atom stereocenters. The molecule has 0 fully saturated rings. The summed E-state index contributed by atoms with van der Waals surface area (Å²) in [4.78, 5) is 26.1. The second-order valence-electron chi connectivity index (χ2n) is 6.52. The molecular formula is C21H26N2O4. The summed E-state index contributed by atoms with van der Waals surface area (Å²) in [5, 5.41) is 2.78. The van der Waals surface area contributed by atoms with Crippen LogP contribution in [0.25, 0.3) is 0 Å². The number of carbonyl (C=O) groups excluding carboxylic acids is 2. The standard InChI is InChI=1S/C21H26N2O4/c1-14-10-16(11-15(2)20(14)26-4)12-23(3)13-19(24)22-18-9-7-6-8-17(18)21(25)27-5/h6-11H,12-13H2,1-5H3,(H,22,24). The van der Waals surface area contributed by atoms with Gasteiger partial charge in [0, 0.05) is 6.54 Å². The largest absolute Gasteiger partial charge is 0.496 e. The lowest BCUT2D eigenvalue weighted by molar-refractivity contribution is -0.117. The van der Waals surface area contributed by atoms with Gasteiger partial charge in [-0.15, -0.1) is 0 Å². The van der Waals surface area contributed by atoms with Crippen molar-refractivity contribution < 1.29 is 19.1 Å². The summed E-state index contributed by atoms with van der Waals surface area (Å²) in [7, 11) is 4.85. The van der Waals surface area contributed by atoms with E-state index in [1.54, 1.807) is 31.4 Å². The van der Waals surface area contributed by atoms with Gasteiger partial charge in [-0.25, -0.2) is 4.79 Å². The van der Waals surface area contributed by atoms with E-state index in [4.69, 9.17) is 9.47 Å². The number of rotatable bonds is 7. The smallest absolute Gasteiger partial charge is 0.339 e. The minimum atomic E-state index is -0.483. The van der Waals surface area contributed by atoms with E-state index < -0.39 is 5.97 Å². The van der Waals surface area contributed by atoms with Gasteiger partial charge in [-0.3, -0.25) is 9.69 Å². The molecule has 0 spiro atoms. The lowest BCUT2D eigenvalue weighted by atomic mass is 10.1. The number of nitrogens with one attached hydrogen (secondary N) is 1. The van der Waals surface area contributed by atoms with Crippen molar-refractivity contribution in [2.24, 2.45) is 0 Å². The molecule has 0 aliphatic heterocycles. The number of esters is 1. The second kappa shape index (κ2) is 9.19. The highest BCUT2D eigenvalue weighted by atomic mass is 16.5. The number of ether oxygens (including phenoxy) is 2. The van der Waals surface area contributed by atoms with Gasteiger partial charge in [0.05, 0.1) is 32.0 Å².